The number of halogens is 1. The van der Waals surface area contributed by atoms with Crippen LogP contribution in [0, 0.1) is 0 Å². The molecule has 1 fully saturated rings. The van der Waals surface area contributed by atoms with Crippen LogP contribution in [-0.4, -0.2) is 71.2 Å². The molecule has 0 radical (unpaired) electrons. The number of rotatable bonds is 5. The van der Waals surface area contributed by atoms with Crippen molar-refractivity contribution >= 4 is 27.6 Å². The van der Waals surface area contributed by atoms with Crippen molar-refractivity contribution in [1.29, 1.82) is 0 Å². The third kappa shape index (κ3) is 3.54. The van der Waals surface area contributed by atoms with Crippen LogP contribution in [-0.2, 0) is 21.9 Å². The Kier molecular flexibility index (Phi) is 4.87. The zero-order valence-electron chi connectivity index (χ0n) is 11.6. The first-order valence-corrected chi connectivity index (χ1v) is 8.26. The standard InChI is InChI=1S/C11H17ClN4O4S/c1-14-11(9(12)8-13-14)21(19,20)16-6-4-15(5-7-16)3-2-10(17)18/h8H,2-7H2,1H3,(H,17,18). The van der Waals surface area contributed by atoms with Crippen molar-refractivity contribution in [3.8, 4) is 0 Å². The van der Waals surface area contributed by atoms with Crippen molar-refractivity contribution in [3.05, 3.63) is 11.2 Å². The lowest BCUT2D eigenvalue weighted by atomic mass is 10.3. The van der Waals surface area contributed by atoms with E-state index in [4.69, 9.17) is 16.7 Å². The van der Waals surface area contributed by atoms with Gasteiger partial charge in [-0.2, -0.15) is 9.40 Å². The molecule has 21 heavy (non-hydrogen) atoms. The van der Waals surface area contributed by atoms with Gasteiger partial charge in [0, 0.05) is 39.8 Å². The van der Waals surface area contributed by atoms with Crippen LogP contribution in [0.5, 0.6) is 0 Å². The second-order valence-corrected chi connectivity index (χ2v) is 7.07. The maximum Gasteiger partial charge on any atom is 0.304 e. The molecule has 1 N–H and O–H groups in total. The summed E-state index contributed by atoms with van der Waals surface area (Å²) < 4.78 is 27.7. The molecule has 2 rings (SSSR count). The van der Waals surface area contributed by atoms with Gasteiger partial charge >= 0.3 is 5.97 Å². The summed E-state index contributed by atoms with van der Waals surface area (Å²) in [6.45, 7) is 2.05. The van der Waals surface area contributed by atoms with Gasteiger partial charge in [0.15, 0.2) is 5.03 Å². The summed E-state index contributed by atoms with van der Waals surface area (Å²) >= 11 is 5.90. The van der Waals surface area contributed by atoms with Gasteiger partial charge in [-0.15, -0.1) is 0 Å². The number of hydrogen-bond donors (Lipinski definition) is 1. The molecule has 1 aliphatic rings. The fourth-order valence-corrected chi connectivity index (χ4v) is 4.29. The highest BCUT2D eigenvalue weighted by Gasteiger charge is 2.32. The van der Waals surface area contributed by atoms with E-state index in [0.29, 0.717) is 32.7 Å². The number of carbonyl (C=O) groups is 1. The number of aryl methyl sites for hydroxylation is 1. The summed E-state index contributed by atoms with van der Waals surface area (Å²) in [5.41, 5.74) is 0. The maximum absolute atomic E-state index is 12.5. The Morgan fingerprint density at radius 2 is 2.00 bits per heavy atom. The van der Waals surface area contributed by atoms with Gasteiger partial charge in [-0.25, -0.2) is 8.42 Å². The summed E-state index contributed by atoms with van der Waals surface area (Å²) in [6, 6.07) is 0. The highest BCUT2D eigenvalue weighted by atomic mass is 35.5. The molecule has 0 aliphatic carbocycles. The minimum atomic E-state index is -3.68. The highest BCUT2D eigenvalue weighted by Crippen LogP contribution is 2.24. The van der Waals surface area contributed by atoms with Crippen molar-refractivity contribution in [2.45, 2.75) is 11.4 Å². The molecule has 1 saturated heterocycles. The van der Waals surface area contributed by atoms with E-state index in [1.165, 1.54) is 22.2 Å². The first-order chi connectivity index (χ1) is 9.82. The highest BCUT2D eigenvalue weighted by molar-refractivity contribution is 7.89. The van der Waals surface area contributed by atoms with Gasteiger partial charge in [-0.05, 0) is 0 Å². The van der Waals surface area contributed by atoms with Crippen LogP contribution in [0.2, 0.25) is 5.02 Å². The van der Waals surface area contributed by atoms with E-state index >= 15 is 0 Å². The van der Waals surface area contributed by atoms with Crippen molar-refractivity contribution in [3.63, 3.8) is 0 Å². The lowest BCUT2D eigenvalue weighted by molar-refractivity contribution is -0.137. The molecule has 0 bridgehead atoms. The number of carboxylic acids is 1. The lowest BCUT2D eigenvalue weighted by Crippen LogP contribution is -2.49. The summed E-state index contributed by atoms with van der Waals surface area (Å²) in [7, 11) is -2.15. The van der Waals surface area contributed by atoms with Crippen molar-refractivity contribution in [2.75, 3.05) is 32.7 Å². The van der Waals surface area contributed by atoms with Crippen LogP contribution in [0.25, 0.3) is 0 Å². The van der Waals surface area contributed by atoms with E-state index in [-0.39, 0.29) is 16.5 Å². The number of aromatic nitrogens is 2. The maximum atomic E-state index is 12.5. The Bertz CT molecular complexity index is 603. The monoisotopic (exact) mass is 336 g/mol. The molecule has 10 heteroatoms. The minimum absolute atomic E-state index is 0.0110. The van der Waals surface area contributed by atoms with E-state index < -0.39 is 16.0 Å². The van der Waals surface area contributed by atoms with Gasteiger partial charge in [0.25, 0.3) is 10.0 Å². The summed E-state index contributed by atoms with van der Waals surface area (Å²) in [4.78, 5) is 12.5. The second kappa shape index (κ2) is 6.30. The Balaban J connectivity index is 2.03. The van der Waals surface area contributed by atoms with Gasteiger partial charge < -0.3 is 10.0 Å². The molecule has 0 spiro atoms. The quantitative estimate of drug-likeness (QED) is 0.803. The number of aliphatic carboxylic acids is 1. The summed E-state index contributed by atoms with van der Waals surface area (Å²) in [6.07, 6.45) is 1.36. The van der Waals surface area contributed by atoms with E-state index in [0.717, 1.165) is 0 Å². The van der Waals surface area contributed by atoms with Gasteiger partial charge in [0.05, 0.1) is 17.6 Å². The van der Waals surface area contributed by atoms with Gasteiger partial charge in [0.2, 0.25) is 0 Å². The lowest BCUT2D eigenvalue weighted by Gasteiger charge is -2.33. The molecule has 0 amide bonds. The molecular weight excluding hydrogens is 320 g/mol. The average molecular weight is 337 g/mol. The molecule has 1 aromatic heterocycles. The Hall–Kier alpha value is -1.16. The fraction of sp³-hybridized carbons (Fsp3) is 0.636. The SMILES string of the molecule is Cn1ncc(Cl)c1S(=O)(=O)N1CCN(CCC(=O)O)CC1. The third-order valence-electron chi connectivity index (χ3n) is 3.40. The number of nitrogens with zero attached hydrogens (tertiary/aromatic N) is 4. The molecule has 1 aliphatic heterocycles. The number of sulfonamides is 1. The normalized spacial score (nSPS) is 18.0. The number of piperazine rings is 1. The molecule has 0 atom stereocenters. The second-order valence-electron chi connectivity index (χ2n) is 4.81. The topological polar surface area (TPSA) is 95.7 Å². The van der Waals surface area contributed by atoms with E-state index in [1.54, 1.807) is 0 Å². The minimum Gasteiger partial charge on any atom is -0.481 e. The molecule has 0 saturated carbocycles. The predicted octanol–water partition coefficient (Wildman–Crippen LogP) is -0.145. The predicted molar refractivity (Wildman–Crippen MR) is 75.7 cm³/mol. The molecular formula is C11H17ClN4O4S. The first kappa shape index (κ1) is 16.2. The average Bonchev–Trinajstić information content (AvgIpc) is 2.77. The van der Waals surface area contributed by atoms with Crippen LogP contribution >= 0.6 is 11.6 Å². The van der Waals surface area contributed by atoms with Gasteiger partial charge in [0.1, 0.15) is 0 Å². The van der Waals surface area contributed by atoms with Gasteiger partial charge in [-0.3, -0.25) is 9.48 Å². The van der Waals surface area contributed by atoms with E-state index in [9.17, 15) is 13.2 Å². The first-order valence-electron chi connectivity index (χ1n) is 6.44. The third-order valence-corrected chi connectivity index (χ3v) is 5.81. The fourth-order valence-electron chi connectivity index (χ4n) is 2.26. The zero-order valence-corrected chi connectivity index (χ0v) is 13.1. The molecule has 118 valence electrons. The molecule has 0 unspecified atom stereocenters. The van der Waals surface area contributed by atoms with Crippen LogP contribution < -0.4 is 0 Å². The molecule has 8 nitrogen and oxygen atoms in total. The van der Waals surface area contributed by atoms with Crippen LogP contribution in [0.3, 0.4) is 0 Å². The number of carboxylic acid groups (broad SMARTS) is 1. The zero-order chi connectivity index (χ0) is 15.6. The Labute approximate surface area is 127 Å². The summed E-state index contributed by atoms with van der Waals surface area (Å²) in [5.74, 6) is -0.855. The van der Waals surface area contributed by atoms with Crippen LogP contribution in [0.15, 0.2) is 11.2 Å². The van der Waals surface area contributed by atoms with Crippen molar-refractivity contribution < 1.29 is 18.3 Å². The van der Waals surface area contributed by atoms with Crippen LogP contribution in [0.4, 0.5) is 0 Å². The van der Waals surface area contributed by atoms with E-state index in [2.05, 4.69) is 5.10 Å². The van der Waals surface area contributed by atoms with E-state index in [1.807, 2.05) is 4.90 Å². The Morgan fingerprint density at radius 1 is 1.38 bits per heavy atom. The number of hydrogen-bond acceptors (Lipinski definition) is 5. The van der Waals surface area contributed by atoms with Crippen molar-refractivity contribution in [1.82, 2.24) is 19.0 Å². The van der Waals surface area contributed by atoms with Crippen molar-refractivity contribution in [2.24, 2.45) is 7.05 Å². The smallest absolute Gasteiger partial charge is 0.304 e. The largest absolute Gasteiger partial charge is 0.481 e. The van der Waals surface area contributed by atoms with Gasteiger partial charge in [-0.1, -0.05) is 11.6 Å². The Morgan fingerprint density at radius 3 is 2.48 bits per heavy atom. The molecule has 1 aromatic rings. The molecule has 2 heterocycles. The van der Waals surface area contributed by atoms with Crippen LogP contribution in [0.1, 0.15) is 6.42 Å². The summed E-state index contributed by atoms with van der Waals surface area (Å²) in [5, 5.41) is 12.6. The molecule has 0 aromatic carbocycles.